The van der Waals surface area contributed by atoms with Crippen LogP contribution in [0.3, 0.4) is 0 Å². The van der Waals surface area contributed by atoms with Crippen LogP contribution in [0.15, 0.2) is 48.5 Å². The standard InChI is InChI=1S/C22H21O5P/c1-3-26-28(25,27-4-2)13-16-9-8-15-12-19(22(23)24)18-7-5-6-14-10-11-17(16)21(15)20(14)18/h5-12H,3-4,13H2,1-2H3,(H,23,24). The molecule has 0 bridgehead atoms. The maximum atomic E-state index is 13.1. The molecule has 4 aromatic carbocycles. The van der Waals surface area contributed by atoms with E-state index in [1.54, 1.807) is 19.9 Å². The second-order valence-corrected chi connectivity index (χ2v) is 8.73. The lowest BCUT2D eigenvalue weighted by Gasteiger charge is -2.19. The van der Waals surface area contributed by atoms with Crippen LogP contribution >= 0.6 is 7.60 Å². The molecule has 6 heteroatoms. The first-order chi connectivity index (χ1) is 13.5. The Labute approximate surface area is 162 Å². The molecular weight excluding hydrogens is 375 g/mol. The smallest absolute Gasteiger partial charge is 0.336 e. The highest BCUT2D eigenvalue weighted by atomic mass is 31.2. The van der Waals surface area contributed by atoms with Gasteiger partial charge >= 0.3 is 13.6 Å². The summed E-state index contributed by atoms with van der Waals surface area (Å²) in [7, 11) is -3.25. The Balaban J connectivity index is 2.01. The third-order valence-corrected chi connectivity index (χ3v) is 7.01. The predicted molar refractivity (Wildman–Crippen MR) is 112 cm³/mol. The average Bonchev–Trinajstić information content (AvgIpc) is 2.67. The molecule has 0 fully saturated rings. The normalized spacial score (nSPS) is 12.4. The van der Waals surface area contributed by atoms with E-state index in [2.05, 4.69) is 0 Å². The van der Waals surface area contributed by atoms with E-state index >= 15 is 0 Å². The lowest BCUT2D eigenvalue weighted by molar-refractivity contribution is 0.0699. The maximum absolute atomic E-state index is 13.1. The molecule has 0 aliphatic heterocycles. The zero-order chi connectivity index (χ0) is 19.9. The number of rotatable bonds is 7. The van der Waals surface area contributed by atoms with Crippen LogP contribution in [0.25, 0.3) is 32.3 Å². The largest absolute Gasteiger partial charge is 0.478 e. The van der Waals surface area contributed by atoms with Crippen molar-refractivity contribution in [2.75, 3.05) is 13.2 Å². The van der Waals surface area contributed by atoms with Crippen molar-refractivity contribution in [3.63, 3.8) is 0 Å². The van der Waals surface area contributed by atoms with Crippen molar-refractivity contribution in [2.24, 2.45) is 0 Å². The Morgan fingerprint density at radius 1 is 0.929 bits per heavy atom. The molecule has 0 atom stereocenters. The number of carbonyl (C=O) groups is 1. The summed E-state index contributed by atoms with van der Waals surface area (Å²) in [6.07, 6.45) is 0.175. The molecule has 4 aromatic rings. The number of benzene rings is 4. The zero-order valence-electron chi connectivity index (χ0n) is 15.8. The van der Waals surface area contributed by atoms with Crippen LogP contribution in [0.5, 0.6) is 0 Å². The van der Waals surface area contributed by atoms with Gasteiger partial charge in [0.25, 0.3) is 0 Å². The van der Waals surface area contributed by atoms with Gasteiger partial charge in [0.05, 0.1) is 24.9 Å². The van der Waals surface area contributed by atoms with E-state index < -0.39 is 13.6 Å². The molecule has 0 aliphatic rings. The molecule has 0 heterocycles. The van der Waals surface area contributed by atoms with Gasteiger partial charge < -0.3 is 14.2 Å². The van der Waals surface area contributed by atoms with E-state index in [1.807, 2.05) is 42.5 Å². The number of hydrogen-bond donors (Lipinski definition) is 1. The van der Waals surface area contributed by atoms with Gasteiger partial charge in [-0.1, -0.05) is 42.5 Å². The summed E-state index contributed by atoms with van der Waals surface area (Å²) in [6, 6.07) is 15.1. The first kappa shape index (κ1) is 18.9. The van der Waals surface area contributed by atoms with Crippen molar-refractivity contribution in [1.82, 2.24) is 0 Å². The van der Waals surface area contributed by atoms with Crippen molar-refractivity contribution in [3.05, 3.63) is 59.7 Å². The van der Waals surface area contributed by atoms with Gasteiger partial charge in [-0.05, 0) is 57.8 Å². The molecular formula is C22H21O5P. The van der Waals surface area contributed by atoms with Gasteiger partial charge in [0.1, 0.15) is 0 Å². The SMILES string of the molecule is CCOP(=O)(Cc1ccc2cc(C(=O)O)c3cccc4ccc1c2c43)OCC. The second kappa shape index (κ2) is 7.17. The maximum Gasteiger partial charge on any atom is 0.336 e. The van der Waals surface area contributed by atoms with Gasteiger partial charge in [0, 0.05) is 0 Å². The van der Waals surface area contributed by atoms with E-state index in [0.717, 1.165) is 32.5 Å². The monoisotopic (exact) mass is 396 g/mol. The first-order valence-electron chi connectivity index (χ1n) is 9.28. The van der Waals surface area contributed by atoms with Gasteiger partial charge in [-0.25, -0.2) is 4.79 Å². The van der Waals surface area contributed by atoms with Crippen LogP contribution in [0, 0.1) is 0 Å². The molecule has 0 amide bonds. The first-order valence-corrected chi connectivity index (χ1v) is 11.0. The molecule has 0 aromatic heterocycles. The minimum absolute atomic E-state index is 0.175. The Kier molecular flexibility index (Phi) is 4.84. The van der Waals surface area contributed by atoms with Crippen LogP contribution in [0.2, 0.25) is 0 Å². The molecule has 28 heavy (non-hydrogen) atoms. The quantitative estimate of drug-likeness (QED) is 0.304. The summed E-state index contributed by atoms with van der Waals surface area (Å²) in [5.74, 6) is -0.948. The van der Waals surface area contributed by atoms with E-state index in [1.165, 1.54) is 0 Å². The van der Waals surface area contributed by atoms with E-state index in [-0.39, 0.29) is 11.7 Å². The van der Waals surface area contributed by atoms with Crippen molar-refractivity contribution in [1.29, 1.82) is 0 Å². The van der Waals surface area contributed by atoms with Crippen molar-refractivity contribution in [2.45, 2.75) is 20.0 Å². The summed E-state index contributed by atoms with van der Waals surface area (Å²) in [4.78, 5) is 11.8. The summed E-state index contributed by atoms with van der Waals surface area (Å²) < 4.78 is 24.0. The van der Waals surface area contributed by atoms with Crippen LogP contribution < -0.4 is 0 Å². The summed E-state index contributed by atoms with van der Waals surface area (Å²) >= 11 is 0. The van der Waals surface area contributed by atoms with Gasteiger partial charge in [-0.3, -0.25) is 4.57 Å². The second-order valence-electron chi connectivity index (χ2n) is 6.67. The number of aromatic carboxylic acids is 1. The van der Waals surface area contributed by atoms with Gasteiger partial charge in [-0.2, -0.15) is 0 Å². The highest BCUT2D eigenvalue weighted by molar-refractivity contribution is 7.53. The van der Waals surface area contributed by atoms with Crippen molar-refractivity contribution in [3.8, 4) is 0 Å². The molecule has 144 valence electrons. The molecule has 0 aliphatic carbocycles. The highest BCUT2D eigenvalue weighted by Gasteiger charge is 2.26. The summed E-state index contributed by atoms with van der Waals surface area (Å²) in [5, 5.41) is 15.0. The Morgan fingerprint density at radius 3 is 2.29 bits per heavy atom. The van der Waals surface area contributed by atoms with Crippen LogP contribution in [-0.2, 0) is 19.8 Å². The molecule has 0 spiro atoms. The molecule has 4 rings (SSSR count). The van der Waals surface area contributed by atoms with E-state index in [9.17, 15) is 14.5 Å². The lowest BCUT2D eigenvalue weighted by Crippen LogP contribution is -2.01. The molecule has 5 nitrogen and oxygen atoms in total. The number of hydrogen-bond acceptors (Lipinski definition) is 4. The van der Waals surface area contributed by atoms with Crippen LogP contribution in [-0.4, -0.2) is 24.3 Å². The third-order valence-electron chi connectivity index (χ3n) is 4.98. The number of carboxylic acid groups (broad SMARTS) is 1. The Bertz CT molecular complexity index is 1220. The topological polar surface area (TPSA) is 72.8 Å². The van der Waals surface area contributed by atoms with E-state index in [4.69, 9.17) is 9.05 Å². The van der Waals surface area contributed by atoms with Gasteiger partial charge in [-0.15, -0.1) is 0 Å². The van der Waals surface area contributed by atoms with Gasteiger partial charge in [0.15, 0.2) is 0 Å². The predicted octanol–water partition coefficient (Wildman–Crippen LogP) is 6.05. The molecule has 0 radical (unpaired) electrons. The molecule has 0 saturated carbocycles. The third kappa shape index (κ3) is 3.06. The fourth-order valence-corrected chi connectivity index (χ4v) is 5.67. The average molecular weight is 396 g/mol. The number of carboxylic acids is 1. The van der Waals surface area contributed by atoms with Gasteiger partial charge in [0.2, 0.25) is 0 Å². The Morgan fingerprint density at radius 2 is 1.61 bits per heavy atom. The zero-order valence-corrected chi connectivity index (χ0v) is 16.7. The summed E-state index contributed by atoms with van der Waals surface area (Å²) in [6.45, 7) is 4.21. The summed E-state index contributed by atoms with van der Waals surface area (Å²) in [5.41, 5.74) is 1.15. The highest BCUT2D eigenvalue weighted by Crippen LogP contribution is 2.52. The van der Waals surface area contributed by atoms with E-state index in [0.29, 0.717) is 18.6 Å². The minimum atomic E-state index is -3.25. The van der Waals surface area contributed by atoms with Crippen LogP contribution in [0.1, 0.15) is 29.8 Å². The fraction of sp³-hybridized carbons (Fsp3) is 0.227. The van der Waals surface area contributed by atoms with Crippen LogP contribution in [0.4, 0.5) is 0 Å². The molecule has 1 N–H and O–H groups in total. The van der Waals surface area contributed by atoms with Crippen molar-refractivity contribution >= 4 is 45.9 Å². The molecule has 0 saturated heterocycles. The molecule has 0 unspecified atom stereocenters. The minimum Gasteiger partial charge on any atom is -0.478 e. The Hall–Kier alpha value is -2.46. The lowest BCUT2D eigenvalue weighted by atomic mass is 9.90. The fourth-order valence-electron chi connectivity index (χ4n) is 3.93. The van der Waals surface area contributed by atoms with Crippen molar-refractivity contribution < 1.29 is 23.5 Å².